The predicted octanol–water partition coefficient (Wildman–Crippen LogP) is 12.6. The van der Waals surface area contributed by atoms with Gasteiger partial charge in [0.25, 0.3) is 0 Å². The van der Waals surface area contributed by atoms with Crippen LogP contribution in [0.2, 0.25) is 0 Å². The number of unbranched alkanes of at least 4 members (excludes halogenated alkanes) is 20. The molecule has 0 fully saturated rings. The van der Waals surface area contributed by atoms with Crippen molar-refractivity contribution in [2.75, 3.05) is 0 Å². The van der Waals surface area contributed by atoms with Gasteiger partial charge in [-0.1, -0.05) is 156 Å². The van der Waals surface area contributed by atoms with E-state index in [-0.39, 0.29) is 37.0 Å². The summed E-state index contributed by atoms with van der Waals surface area (Å²) in [5.41, 5.74) is 0. The molecule has 0 aliphatic heterocycles. The van der Waals surface area contributed by atoms with Gasteiger partial charge < -0.3 is 9.47 Å². The molecule has 0 aromatic carbocycles. The van der Waals surface area contributed by atoms with E-state index in [1.165, 1.54) is 128 Å². The van der Waals surface area contributed by atoms with Gasteiger partial charge in [-0.05, 0) is 51.4 Å². The van der Waals surface area contributed by atoms with E-state index in [4.69, 9.17) is 9.47 Å². The lowest BCUT2D eigenvalue weighted by Crippen LogP contribution is -2.21. The first-order chi connectivity index (χ1) is 20.6. The van der Waals surface area contributed by atoms with Gasteiger partial charge in [0.1, 0.15) is 12.2 Å². The quantitative estimate of drug-likeness (QED) is 0.0560. The SMILES string of the molecule is CCCCCCCCCC(CCCCCCC)OC(=O)CCC(=O)OC(CCCCCCCC)CCCCCCCC. The van der Waals surface area contributed by atoms with Crippen molar-refractivity contribution in [3.05, 3.63) is 0 Å². The molecule has 0 saturated heterocycles. The number of hydrogen-bond donors (Lipinski definition) is 0. The Balaban J connectivity index is 4.58. The predicted molar refractivity (Wildman–Crippen MR) is 181 cm³/mol. The number of carbonyl (C=O) groups is 2. The molecule has 0 bridgehead atoms. The smallest absolute Gasteiger partial charge is 0.306 e. The second kappa shape index (κ2) is 32.8. The van der Waals surface area contributed by atoms with E-state index in [2.05, 4.69) is 27.7 Å². The normalized spacial score (nSPS) is 12.1. The lowest BCUT2D eigenvalue weighted by Gasteiger charge is -2.19. The fourth-order valence-electron chi connectivity index (χ4n) is 5.83. The van der Waals surface area contributed by atoms with E-state index in [1.54, 1.807) is 0 Å². The zero-order valence-corrected chi connectivity index (χ0v) is 29.0. The van der Waals surface area contributed by atoms with Gasteiger partial charge >= 0.3 is 11.9 Å². The maximum Gasteiger partial charge on any atom is 0.306 e. The van der Waals surface area contributed by atoms with Gasteiger partial charge in [0.2, 0.25) is 0 Å². The second-order valence-corrected chi connectivity index (χ2v) is 12.9. The highest BCUT2D eigenvalue weighted by molar-refractivity contribution is 5.77. The number of rotatable bonds is 33. The number of ether oxygens (including phenoxy) is 2. The van der Waals surface area contributed by atoms with Crippen molar-refractivity contribution < 1.29 is 19.1 Å². The second-order valence-electron chi connectivity index (χ2n) is 12.9. The fraction of sp³-hybridized carbons (Fsp3) is 0.947. The molecule has 42 heavy (non-hydrogen) atoms. The van der Waals surface area contributed by atoms with Crippen LogP contribution in [0.15, 0.2) is 0 Å². The van der Waals surface area contributed by atoms with Gasteiger partial charge in [0.05, 0.1) is 12.8 Å². The lowest BCUT2D eigenvalue weighted by atomic mass is 10.0. The van der Waals surface area contributed by atoms with E-state index < -0.39 is 0 Å². The standard InChI is InChI=1S/C38H74O4/c1-5-9-13-17-20-24-28-32-35(29-25-21-16-12-8-4)41-37(39)33-34-38(40)42-36(30-26-22-18-14-10-6-2)31-27-23-19-15-11-7-3/h35-36H,5-34H2,1-4H3. The lowest BCUT2D eigenvalue weighted by molar-refractivity contribution is -0.156. The molecular formula is C38H74O4. The summed E-state index contributed by atoms with van der Waals surface area (Å²) in [6, 6.07) is 0. The molecule has 0 aliphatic carbocycles. The molecule has 0 amide bonds. The minimum atomic E-state index is -0.225. The van der Waals surface area contributed by atoms with Crippen LogP contribution in [0, 0.1) is 0 Å². The Morgan fingerprint density at radius 1 is 0.357 bits per heavy atom. The molecule has 0 aromatic heterocycles. The van der Waals surface area contributed by atoms with Crippen LogP contribution in [0.3, 0.4) is 0 Å². The van der Waals surface area contributed by atoms with E-state index in [0.29, 0.717) is 0 Å². The first-order valence-corrected chi connectivity index (χ1v) is 19.0. The highest BCUT2D eigenvalue weighted by Crippen LogP contribution is 2.20. The average Bonchev–Trinajstić information content (AvgIpc) is 2.98. The van der Waals surface area contributed by atoms with E-state index in [9.17, 15) is 9.59 Å². The Labute approximate surface area is 263 Å². The molecule has 0 saturated carbocycles. The third-order valence-corrected chi connectivity index (χ3v) is 8.65. The number of carbonyl (C=O) groups excluding carboxylic acids is 2. The zero-order valence-electron chi connectivity index (χ0n) is 29.0. The molecule has 0 aliphatic rings. The summed E-state index contributed by atoms with van der Waals surface area (Å²) < 4.78 is 11.9. The average molecular weight is 595 g/mol. The van der Waals surface area contributed by atoms with Gasteiger partial charge in [0, 0.05) is 0 Å². The summed E-state index contributed by atoms with van der Waals surface area (Å²) >= 11 is 0. The first kappa shape index (κ1) is 40.9. The number of esters is 2. The Hall–Kier alpha value is -1.06. The molecule has 0 aromatic rings. The van der Waals surface area contributed by atoms with Gasteiger partial charge in [-0.2, -0.15) is 0 Å². The summed E-state index contributed by atoms with van der Waals surface area (Å²) in [7, 11) is 0. The van der Waals surface area contributed by atoms with Crippen LogP contribution in [-0.4, -0.2) is 24.1 Å². The summed E-state index contributed by atoms with van der Waals surface area (Å²) in [6.07, 6.45) is 34.1. The molecule has 4 nitrogen and oxygen atoms in total. The Bertz CT molecular complexity index is 559. The van der Waals surface area contributed by atoms with Crippen LogP contribution in [-0.2, 0) is 19.1 Å². The van der Waals surface area contributed by atoms with Crippen molar-refractivity contribution in [1.82, 2.24) is 0 Å². The van der Waals surface area contributed by atoms with Crippen LogP contribution >= 0.6 is 0 Å². The monoisotopic (exact) mass is 595 g/mol. The van der Waals surface area contributed by atoms with Gasteiger partial charge in [0.15, 0.2) is 0 Å². The molecule has 4 heteroatoms. The van der Waals surface area contributed by atoms with Crippen LogP contribution in [0.4, 0.5) is 0 Å². The Morgan fingerprint density at radius 3 is 0.810 bits per heavy atom. The zero-order chi connectivity index (χ0) is 30.9. The van der Waals surface area contributed by atoms with Crippen molar-refractivity contribution in [2.24, 2.45) is 0 Å². The highest BCUT2D eigenvalue weighted by atomic mass is 16.5. The van der Waals surface area contributed by atoms with Crippen molar-refractivity contribution in [1.29, 1.82) is 0 Å². The summed E-state index contributed by atoms with van der Waals surface area (Å²) in [5.74, 6) is -0.450. The minimum Gasteiger partial charge on any atom is -0.462 e. The van der Waals surface area contributed by atoms with Crippen LogP contribution in [0.5, 0.6) is 0 Å². The minimum absolute atomic E-state index is 0.000865. The van der Waals surface area contributed by atoms with Crippen LogP contribution < -0.4 is 0 Å². The largest absolute Gasteiger partial charge is 0.462 e. The molecule has 0 radical (unpaired) electrons. The fourth-order valence-corrected chi connectivity index (χ4v) is 5.83. The maximum absolute atomic E-state index is 12.8. The summed E-state index contributed by atoms with van der Waals surface area (Å²) in [5, 5.41) is 0. The van der Waals surface area contributed by atoms with Crippen molar-refractivity contribution in [2.45, 2.75) is 233 Å². The van der Waals surface area contributed by atoms with Crippen molar-refractivity contribution in [3.63, 3.8) is 0 Å². The molecule has 0 N–H and O–H groups in total. The van der Waals surface area contributed by atoms with E-state index in [0.717, 1.165) is 51.4 Å². The van der Waals surface area contributed by atoms with Crippen molar-refractivity contribution in [3.8, 4) is 0 Å². The highest BCUT2D eigenvalue weighted by Gasteiger charge is 2.18. The molecule has 0 rings (SSSR count). The molecule has 0 spiro atoms. The molecular weight excluding hydrogens is 520 g/mol. The molecule has 1 atom stereocenters. The van der Waals surface area contributed by atoms with Crippen LogP contribution in [0.25, 0.3) is 0 Å². The molecule has 1 unspecified atom stereocenters. The van der Waals surface area contributed by atoms with Gasteiger partial charge in [-0.3, -0.25) is 9.59 Å². The van der Waals surface area contributed by atoms with Gasteiger partial charge in [-0.15, -0.1) is 0 Å². The van der Waals surface area contributed by atoms with E-state index in [1.807, 2.05) is 0 Å². The van der Waals surface area contributed by atoms with Gasteiger partial charge in [-0.25, -0.2) is 0 Å². The molecule has 0 heterocycles. The molecule has 250 valence electrons. The number of hydrogen-bond acceptors (Lipinski definition) is 4. The summed E-state index contributed by atoms with van der Waals surface area (Å²) in [4.78, 5) is 25.5. The summed E-state index contributed by atoms with van der Waals surface area (Å²) in [6.45, 7) is 8.99. The van der Waals surface area contributed by atoms with E-state index >= 15 is 0 Å². The Kier molecular flexibility index (Phi) is 32.0. The first-order valence-electron chi connectivity index (χ1n) is 19.0. The Morgan fingerprint density at radius 2 is 0.571 bits per heavy atom. The maximum atomic E-state index is 12.8. The van der Waals surface area contributed by atoms with Crippen LogP contribution in [0.1, 0.15) is 220 Å². The topological polar surface area (TPSA) is 52.6 Å². The third kappa shape index (κ3) is 29.0. The third-order valence-electron chi connectivity index (χ3n) is 8.65. The van der Waals surface area contributed by atoms with Crippen molar-refractivity contribution >= 4 is 11.9 Å².